The van der Waals surface area contributed by atoms with Gasteiger partial charge in [0.2, 0.25) is 5.82 Å². The molecule has 0 bridgehead atoms. The Morgan fingerprint density at radius 1 is 1.22 bits per heavy atom. The van der Waals surface area contributed by atoms with E-state index in [2.05, 4.69) is 14.7 Å². The van der Waals surface area contributed by atoms with Gasteiger partial charge in [0.15, 0.2) is 6.73 Å². The normalized spacial score (nSPS) is 11.4. The molecule has 7 nitrogen and oxygen atoms in total. The van der Waals surface area contributed by atoms with Crippen LogP contribution in [0.15, 0.2) is 51.9 Å². The van der Waals surface area contributed by atoms with Crippen molar-refractivity contribution in [1.82, 2.24) is 14.7 Å². The minimum atomic E-state index is -4.59. The Kier molecular flexibility index (Phi) is 4.80. The fourth-order valence-corrected chi connectivity index (χ4v) is 2.19. The molecule has 0 atom stereocenters. The first-order valence-corrected chi connectivity index (χ1v) is 7.59. The minimum absolute atomic E-state index is 0.248. The van der Waals surface area contributed by atoms with E-state index in [1.54, 1.807) is 24.3 Å². The maximum Gasteiger partial charge on any atom is 0.444 e. The molecule has 0 aliphatic heterocycles. The minimum Gasteiger partial charge on any atom is -0.440 e. The van der Waals surface area contributed by atoms with Gasteiger partial charge in [-0.2, -0.15) is 13.2 Å². The molecule has 0 spiro atoms. The summed E-state index contributed by atoms with van der Waals surface area (Å²) in [6, 6.07) is 8.01. The Morgan fingerprint density at radius 2 is 1.93 bits per heavy atom. The lowest BCUT2D eigenvalue weighted by atomic mass is 10.1. The van der Waals surface area contributed by atoms with Gasteiger partial charge in [-0.25, -0.2) is 14.2 Å². The van der Waals surface area contributed by atoms with Crippen molar-refractivity contribution in [2.75, 3.05) is 0 Å². The third-order valence-electron chi connectivity index (χ3n) is 3.61. The second-order valence-electron chi connectivity index (χ2n) is 5.55. The topological polar surface area (TPSA) is 87.2 Å². The summed E-state index contributed by atoms with van der Waals surface area (Å²) in [5, 5.41) is 3.43. The highest BCUT2D eigenvalue weighted by molar-refractivity contribution is 5.89. The highest BCUT2D eigenvalue weighted by Crippen LogP contribution is 2.30. The summed E-state index contributed by atoms with van der Waals surface area (Å²) in [5.41, 5.74) is -0.0169. The van der Waals surface area contributed by atoms with E-state index in [0.717, 1.165) is 28.5 Å². The van der Waals surface area contributed by atoms with Crippen molar-refractivity contribution in [3.63, 3.8) is 0 Å². The van der Waals surface area contributed by atoms with Crippen molar-refractivity contribution in [1.29, 1.82) is 0 Å². The quantitative estimate of drug-likeness (QED) is 0.648. The van der Waals surface area contributed by atoms with Crippen LogP contribution >= 0.6 is 0 Å². The van der Waals surface area contributed by atoms with Crippen molar-refractivity contribution in [3.8, 4) is 11.5 Å². The first-order chi connectivity index (χ1) is 12.8. The summed E-state index contributed by atoms with van der Waals surface area (Å²) in [6.45, 7) is 1.25. The molecule has 0 aliphatic carbocycles. The Labute approximate surface area is 150 Å². The van der Waals surface area contributed by atoms with Gasteiger partial charge in [0, 0.05) is 6.20 Å². The number of pyridine rings is 1. The highest BCUT2D eigenvalue weighted by atomic mass is 19.4. The van der Waals surface area contributed by atoms with Crippen LogP contribution in [0.25, 0.3) is 11.5 Å². The molecule has 2 aromatic heterocycles. The lowest BCUT2D eigenvalue weighted by molar-refractivity contribution is -0.137. The number of nitrogens with zero attached hydrogens (tertiary/aromatic N) is 3. The standard InChI is InChI=1S/C17H12F3N3O4/c1-10-2-4-11(5-3-10)15(24)26-9-23-14(22-27-16(23)25)13-8-12(6-7-21-13)17(18,19)20/h2-8H,9H2,1H3. The molecule has 140 valence electrons. The molecule has 0 unspecified atom stereocenters. The van der Waals surface area contributed by atoms with Crippen molar-refractivity contribution >= 4 is 5.97 Å². The summed E-state index contributed by atoms with van der Waals surface area (Å²) in [4.78, 5) is 27.6. The van der Waals surface area contributed by atoms with Gasteiger partial charge in [-0.05, 0) is 31.2 Å². The van der Waals surface area contributed by atoms with Crippen LogP contribution in [-0.2, 0) is 17.6 Å². The van der Waals surface area contributed by atoms with Gasteiger partial charge in [0.25, 0.3) is 0 Å². The third-order valence-corrected chi connectivity index (χ3v) is 3.61. The SMILES string of the molecule is Cc1ccc(C(=O)OCn2c(-c3cc(C(F)(F)F)ccn3)noc2=O)cc1. The van der Waals surface area contributed by atoms with E-state index < -0.39 is 30.2 Å². The van der Waals surface area contributed by atoms with E-state index in [-0.39, 0.29) is 17.1 Å². The third kappa shape index (κ3) is 4.05. The predicted molar refractivity (Wildman–Crippen MR) is 85.6 cm³/mol. The molecular weight excluding hydrogens is 367 g/mol. The van der Waals surface area contributed by atoms with Crippen LogP contribution in [0, 0.1) is 6.92 Å². The van der Waals surface area contributed by atoms with Crippen molar-refractivity contribution < 1.29 is 27.2 Å². The number of aromatic nitrogens is 3. The first-order valence-electron chi connectivity index (χ1n) is 7.59. The zero-order valence-corrected chi connectivity index (χ0v) is 13.9. The molecule has 0 saturated carbocycles. The van der Waals surface area contributed by atoms with Crippen LogP contribution in [-0.4, -0.2) is 20.7 Å². The van der Waals surface area contributed by atoms with Crippen LogP contribution in [0.1, 0.15) is 21.5 Å². The number of halogens is 3. The van der Waals surface area contributed by atoms with Crippen LogP contribution in [0.2, 0.25) is 0 Å². The number of aryl methyl sites for hydroxylation is 1. The highest BCUT2D eigenvalue weighted by Gasteiger charge is 2.31. The zero-order chi connectivity index (χ0) is 19.6. The Bertz CT molecular complexity index is 1020. The summed E-state index contributed by atoms with van der Waals surface area (Å²) in [7, 11) is 0. The summed E-state index contributed by atoms with van der Waals surface area (Å²) in [5.74, 6) is -2.00. The number of benzene rings is 1. The van der Waals surface area contributed by atoms with E-state index >= 15 is 0 Å². The molecule has 0 amide bonds. The number of esters is 1. The van der Waals surface area contributed by atoms with E-state index in [9.17, 15) is 22.8 Å². The van der Waals surface area contributed by atoms with Gasteiger partial charge in [-0.3, -0.25) is 9.51 Å². The summed E-state index contributed by atoms with van der Waals surface area (Å²) in [6.07, 6.45) is -3.66. The molecule has 3 rings (SSSR count). The van der Waals surface area contributed by atoms with Gasteiger partial charge in [0.05, 0.1) is 11.1 Å². The molecule has 10 heteroatoms. The van der Waals surface area contributed by atoms with E-state index in [1.807, 2.05) is 6.92 Å². The molecule has 0 aliphatic rings. The van der Waals surface area contributed by atoms with E-state index in [4.69, 9.17) is 4.74 Å². The second kappa shape index (κ2) is 7.06. The Balaban J connectivity index is 1.84. The molecular formula is C17H12F3N3O4. The molecule has 0 N–H and O–H groups in total. The van der Waals surface area contributed by atoms with Crippen LogP contribution < -0.4 is 5.76 Å². The fraction of sp³-hybridized carbons (Fsp3) is 0.176. The molecule has 27 heavy (non-hydrogen) atoms. The van der Waals surface area contributed by atoms with Gasteiger partial charge in [0.1, 0.15) is 5.69 Å². The maximum absolute atomic E-state index is 12.8. The number of ether oxygens (including phenoxy) is 1. The van der Waals surface area contributed by atoms with Gasteiger partial charge < -0.3 is 4.74 Å². The lowest BCUT2D eigenvalue weighted by Crippen LogP contribution is -2.20. The van der Waals surface area contributed by atoms with Crippen LogP contribution in [0.3, 0.4) is 0 Å². The number of rotatable bonds is 4. The number of hydrogen-bond acceptors (Lipinski definition) is 6. The molecule has 0 fully saturated rings. The summed E-state index contributed by atoms with van der Waals surface area (Å²) < 4.78 is 48.8. The largest absolute Gasteiger partial charge is 0.444 e. The summed E-state index contributed by atoms with van der Waals surface area (Å²) >= 11 is 0. The van der Waals surface area contributed by atoms with Gasteiger partial charge in [-0.15, -0.1) is 0 Å². The monoisotopic (exact) mass is 379 g/mol. The number of alkyl halides is 3. The molecule has 3 aromatic rings. The molecule has 2 heterocycles. The number of carbonyl (C=O) groups is 1. The van der Waals surface area contributed by atoms with Gasteiger partial charge in [-0.1, -0.05) is 22.9 Å². The van der Waals surface area contributed by atoms with Crippen molar-refractivity contribution in [2.45, 2.75) is 19.8 Å². The lowest BCUT2D eigenvalue weighted by Gasteiger charge is -2.09. The smallest absolute Gasteiger partial charge is 0.440 e. The van der Waals surface area contributed by atoms with E-state index in [1.165, 1.54) is 0 Å². The van der Waals surface area contributed by atoms with Crippen molar-refractivity contribution in [2.24, 2.45) is 0 Å². The Morgan fingerprint density at radius 3 is 2.59 bits per heavy atom. The van der Waals surface area contributed by atoms with Crippen LogP contribution in [0.5, 0.6) is 0 Å². The van der Waals surface area contributed by atoms with Crippen LogP contribution in [0.4, 0.5) is 13.2 Å². The second-order valence-corrected chi connectivity index (χ2v) is 5.55. The fourth-order valence-electron chi connectivity index (χ4n) is 2.19. The number of carbonyl (C=O) groups excluding carboxylic acids is 1. The Hall–Kier alpha value is -3.43. The molecule has 0 saturated heterocycles. The molecule has 1 aromatic carbocycles. The zero-order valence-electron chi connectivity index (χ0n) is 13.9. The van der Waals surface area contributed by atoms with Gasteiger partial charge >= 0.3 is 17.9 Å². The predicted octanol–water partition coefficient (Wildman–Crippen LogP) is 3.04. The van der Waals surface area contributed by atoms with Crippen molar-refractivity contribution in [3.05, 3.63) is 69.8 Å². The molecule has 0 radical (unpaired) electrons. The number of hydrogen-bond donors (Lipinski definition) is 0. The average molecular weight is 379 g/mol. The first kappa shape index (κ1) is 18.4. The van der Waals surface area contributed by atoms with E-state index in [0.29, 0.717) is 0 Å². The average Bonchev–Trinajstić information content (AvgIpc) is 3.00. The maximum atomic E-state index is 12.8.